The Morgan fingerprint density at radius 1 is 1.26 bits per heavy atom. The van der Waals surface area contributed by atoms with Crippen LogP contribution >= 0.6 is 0 Å². The fraction of sp³-hybridized carbons (Fsp3) is 0.389. The summed E-state index contributed by atoms with van der Waals surface area (Å²) in [6.45, 7) is 4.08. The van der Waals surface area contributed by atoms with Gasteiger partial charge in [0, 0.05) is 31.5 Å². The molecule has 1 aliphatic heterocycles. The fourth-order valence-electron chi connectivity index (χ4n) is 3.17. The summed E-state index contributed by atoms with van der Waals surface area (Å²) in [5.41, 5.74) is 2.10. The van der Waals surface area contributed by atoms with E-state index in [9.17, 15) is 9.18 Å². The zero-order valence-corrected chi connectivity index (χ0v) is 13.3. The van der Waals surface area contributed by atoms with Gasteiger partial charge >= 0.3 is 6.03 Å². The summed E-state index contributed by atoms with van der Waals surface area (Å²) in [7, 11) is 0. The smallest absolute Gasteiger partial charge is 0.318 e. The predicted octanol–water partition coefficient (Wildman–Crippen LogP) is 3.69. The van der Waals surface area contributed by atoms with Crippen molar-refractivity contribution in [3.8, 4) is 0 Å². The summed E-state index contributed by atoms with van der Waals surface area (Å²) in [5.74, 6) is -0.264. The molecule has 1 atom stereocenters. The second-order valence-electron chi connectivity index (χ2n) is 5.91. The molecule has 1 N–H and O–H groups in total. The monoisotopic (exact) mass is 315 g/mol. The van der Waals surface area contributed by atoms with Gasteiger partial charge in [0.1, 0.15) is 5.82 Å². The van der Waals surface area contributed by atoms with Gasteiger partial charge in [0.25, 0.3) is 0 Å². The van der Waals surface area contributed by atoms with Crippen molar-refractivity contribution in [1.29, 1.82) is 0 Å². The first-order chi connectivity index (χ1) is 11.2. The second kappa shape index (κ2) is 6.86. The number of hydrogen-bond acceptors (Lipinski definition) is 1. The third-order valence-electron chi connectivity index (χ3n) is 4.34. The highest BCUT2D eigenvalue weighted by Gasteiger charge is 2.29. The van der Waals surface area contributed by atoms with Crippen LogP contribution in [0.15, 0.2) is 42.6 Å². The number of hydrogen-bond donors (Lipinski definition) is 1. The summed E-state index contributed by atoms with van der Waals surface area (Å²) in [5, 5.41) is 2.95. The molecule has 0 unspecified atom stereocenters. The number of halogens is 1. The molecule has 1 aliphatic rings. The number of benzene rings is 1. The first-order valence-corrected chi connectivity index (χ1v) is 8.13. The molecule has 23 heavy (non-hydrogen) atoms. The molecule has 2 amide bonds. The van der Waals surface area contributed by atoms with Gasteiger partial charge in [0.15, 0.2) is 0 Å². The number of rotatable bonds is 4. The van der Waals surface area contributed by atoms with Gasteiger partial charge in [0.05, 0.1) is 6.04 Å². The van der Waals surface area contributed by atoms with Gasteiger partial charge in [-0.25, -0.2) is 9.18 Å². The Morgan fingerprint density at radius 2 is 2.04 bits per heavy atom. The van der Waals surface area contributed by atoms with Crippen LogP contribution < -0.4 is 5.32 Å². The standard InChI is InChI=1S/C18H22FN3O/c1-2-4-17-16-5-3-10-21(16)11-12-22(17)18(23)20-13-14-6-8-15(19)9-7-14/h3,5-10,17H,2,4,11-13H2,1H3,(H,20,23)/t17-/m0/s1. The van der Waals surface area contributed by atoms with Crippen LogP contribution in [0.4, 0.5) is 9.18 Å². The summed E-state index contributed by atoms with van der Waals surface area (Å²) in [4.78, 5) is 14.5. The molecule has 122 valence electrons. The Hall–Kier alpha value is -2.30. The molecule has 3 rings (SSSR count). The zero-order valence-electron chi connectivity index (χ0n) is 13.3. The highest BCUT2D eigenvalue weighted by molar-refractivity contribution is 5.74. The Kier molecular flexibility index (Phi) is 4.65. The third kappa shape index (κ3) is 3.38. The van der Waals surface area contributed by atoms with E-state index in [-0.39, 0.29) is 17.9 Å². The molecule has 0 bridgehead atoms. The quantitative estimate of drug-likeness (QED) is 0.918. The minimum Gasteiger partial charge on any atom is -0.348 e. The number of fused-ring (bicyclic) bond motifs is 1. The van der Waals surface area contributed by atoms with Crippen LogP contribution in [0, 0.1) is 5.82 Å². The Morgan fingerprint density at radius 3 is 2.78 bits per heavy atom. The van der Waals surface area contributed by atoms with Crippen molar-refractivity contribution >= 4 is 6.03 Å². The number of amides is 2. The van der Waals surface area contributed by atoms with Crippen LogP contribution in [-0.4, -0.2) is 22.0 Å². The van der Waals surface area contributed by atoms with Crippen LogP contribution in [0.1, 0.15) is 37.1 Å². The van der Waals surface area contributed by atoms with Crippen LogP contribution in [0.25, 0.3) is 0 Å². The third-order valence-corrected chi connectivity index (χ3v) is 4.34. The SMILES string of the molecule is CCC[C@H]1c2cccn2CCN1C(=O)NCc1ccc(F)cc1. The highest BCUT2D eigenvalue weighted by atomic mass is 19.1. The molecular formula is C18H22FN3O. The number of carbonyl (C=O) groups excluding carboxylic acids is 1. The molecule has 0 saturated heterocycles. The van der Waals surface area contributed by atoms with E-state index in [1.165, 1.54) is 17.8 Å². The lowest BCUT2D eigenvalue weighted by Crippen LogP contribution is -2.46. The first kappa shape index (κ1) is 15.6. The lowest BCUT2D eigenvalue weighted by Gasteiger charge is -2.37. The van der Waals surface area contributed by atoms with E-state index in [2.05, 4.69) is 29.1 Å². The zero-order chi connectivity index (χ0) is 16.2. The molecule has 0 fully saturated rings. The van der Waals surface area contributed by atoms with Crippen LogP contribution in [0.3, 0.4) is 0 Å². The number of nitrogens with zero attached hydrogens (tertiary/aromatic N) is 2. The van der Waals surface area contributed by atoms with Gasteiger partial charge in [-0.15, -0.1) is 0 Å². The lowest BCUT2D eigenvalue weighted by atomic mass is 10.0. The van der Waals surface area contributed by atoms with Crippen molar-refractivity contribution in [3.63, 3.8) is 0 Å². The molecule has 1 aromatic carbocycles. The van der Waals surface area contributed by atoms with Gasteiger partial charge < -0.3 is 14.8 Å². The first-order valence-electron chi connectivity index (χ1n) is 8.13. The molecule has 2 aromatic rings. The van der Waals surface area contributed by atoms with Crippen molar-refractivity contribution in [3.05, 3.63) is 59.7 Å². The van der Waals surface area contributed by atoms with E-state index in [1.807, 2.05) is 11.0 Å². The minimum absolute atomic E-state index is 0.0553. The van der Waals surface area contributed by atoms with E-state index in [1.54, 1.807) is 12.1 Å². The van der Waals surface area contributed by atoms with E-state index in [4.69, 9.17) is 0 Å². The van der Waals surface area contributed by atoms with E-state index in [0.29, 0.717) is 13.1 Å². The van der Waals surface area contributed by atoms with Crippen molar-refractivity contribution in [2.24, 2.45) is 0 Å². The van der Waals surface area contributed by atoms with E-state index in [0.717, 1.165) is 24.9 Å². The summed E-state index contributed by atoms with van der Waals surface area (Å²) < 4.78 is 15.2. The highest BCUT2D eigenvalue weighted by Crippen LogP contribution is 2.29. The number of carbonyl (C=O) groups is 1. The van der Waals surface area contributed by atoms with Crippen LogP contribution in [0.5, 0.6) is 0 Å². The van der Waals surface area contributed by atoms with E-state index < -0.39 is 0 Å². The largest absolute Gasteiger partial charge is 0.348 e. The molecular weight excluding hydrogens is 293 g/mol. The van der Waals surface area contributed by atoms with Crippen LogP contribution in [0.2, 0.25) is 0 Å². The van der Waals surface area contributed by atoms with Gasteiger partial charge in [-0.1, -0.05) is 25.5 Å². The van der Waals surface area contributed by atoms with Crippen molar-refractivity contribution < 1.29 is 9.18 Å². The number of aromatic nitrogens is 1. The number of nitrogens with one attached hydrogen (secondary N) is 1. The predicted molar refractivity (Wildman–Crippen MR) is 87.4 cm³/mol. The lowest BCUT2D eigenvalue weighted by molar-refractivity contribution is 0.150. The average Bonchev–Trinajstić information content (AvgIpc) is 3.03. The Balaban J connectivity index is 1.67. The van der Waals surface area contributed by atoms with Crippen molar-refractivity contribution in [2.75, 3.05) is 6.54 Å². The molecule has 0 saturated carbocycles. The fourth-order valence-corrected chi connectivity index (χ4v) is 3.17. The van der Waals surface area contributed by atoms with Gasteiger partial charge in [-0.2, -0.15) is 0 Å². The second-order valence-corrected chi connectivity index (χ2v) is 5.91. The van der Waals surface area contributed by atoms with Crippen molar-refractivity contribution in [2.45, 2.75) is 38.9 Å². The molecule has 2 heterocycles. The molecule has 1 aromatic heterocycles. The van der Waals surface area contributed by atoms with Gasteiger partial charge in [-0.05, 0) is 36.2 Å². The maximum absolute atomic E-state index is 12.9. The molecule has 0 spiro atoms. The molecule has 5 heteroatoms. The minimum atomic E-state index is -0.264. The maximum atomic E-state index is 12.9. The molecule has 4 nitrogen and oxygen atoms in total. The van der Waals surface area contributed by atoms with Crippen molar-refractivity contribution in [1.82, 2.24) is 14.8 Å². The topological polar surface area (TPSA) is 37.3 Å². The van der Waals surface area contributed by atoms with Gasteiger partial charge in [0.2, 0.25) is 0 Å². The summed E-state index contributed by atoms with van der Waals surface area (Å²) >= 11 is 0. The Labute approximate surface area is 135 Å². The maximum Gasteiger partial charge on any atom is 0.318 e. The van der Waals surface area contributed by atoms with Gasteiger partial charge in [-0.3, -0.25) is 0 Å². The summed E-state index contributed by atoms with van der Waals surface area (Å²) in [6.07, 6.45) is 4.05. The molecule has 0 radical (unpaired) electrons. The Bertz CT molecular complexity index is 665. The normalized spacial score (nSPS) is 17.0. The molecule has 0 aliphatic carbocycles. The number of urea groups is 1. The summed E-state index contributed by atoms with van der Waals surface area (Å²) in [6, 6.07) is 10.4. The van der Waals surface area contributed by atoms with Crippen LogP contribution in [-0.2, 0) is 13.1 Å². The van der Waals surface area contributed by atoms with E-state index >= 15 is 0 Å². The average molecular weight is 315 g/mol.